The van der Waals surface area contributed by atoms with Gasteiger partial charge < -0.3 is 15.4 Å². The van der Waals surface area contributed by atoms with Crippen molar-refractivity contribution >= 4 is 11.8 Å². The van der Waals surface area contributed by atoms with Crippen LogP contribution < -0.4 is 15.4 Å². The maximum atomic E-state index is 12.4. The predicted molar refractivity (Wildman–Crippen MR) is 93.8 cm³/mol. The van der Waals surface area contributed by atoms with Crippen molar-refractivity contribution in [2.45, 2.75) is 64.5 Å². The molecule has 1 unspecified atom stereocenters. The van der Waals surface area contributed by atoms with Gasteiger partial charge in [-0.3, -0.25) is 9.59 Å². The maximum Gasteiger partial charge on any atom is 0.222 e. The van der Waals surface area contributed by atoms with Crippen LogP contribution in [0.3, 0.4) is 0 Å². The first kappa shape index (κ1) is 18.3. The molecule has 24 heavy (non-hydrogen) atoms. The lowest BCUT2D eigenvalue weighted by atomic mass is 9.95. The summed E-state index contributed by atoms with van der Waals surface area (Å²) in [4.78, 5) is 24.0. The molecule has 0 radical (unpaired) electrons. The molecule has 0 spiro atoms. The SMILES string of the molecule is CCOc1ccccc1C(CC(=O)NC1CCCCC1)NC(C)=O. The number of hydrogen-bond acceptors (Lipinski definition) is 3. The Morgan fingerprint density at radius 2 is 1.92 bits per heavy atom. The van der Waals surface area contributed by atoms with Crippen LogP contribution in [0.1, 0.15) is 64.0 Å². The summed E-state index contributed by atoms with van der Waals surface area (Å²) >= 11 is 0. The van der Waals surface area contributed by atoms with Gasteiger partial charge in [0.15, 0.2) is 0 Å². The fourth-order valence-electron chi connectivity index (χ4n) is 3.26. The lowest BCUT2D eigenvalue weighted by molar-refractivity contribution is -0.123. The van der Waals surface area contributed by atoms with Crippen molar-refractivity contribution in [2.24, 2.45) is 0 Å². The number of ether oxygens (including phenoxy) is 1. The molecule has 1 fully saturated rings. The van der Waals surface area contributed by atoms with Gasteiger partial charge in [-0.1, -0.05) is 37.5 Å². The van der Waals surface area contributed by atoms with Crippen molar-refractivity contribution in [3.05, 3.63) is 29.8 Å². The van der Waals surface area contributed by atoms with E-state index in [4.69, 9.17) is 4.74 Å². The minimum absolute atomic E-state index is 0.0213. The van der Waals surface area contributed by atoms with Crippen LogP contribution in [-0.4, -0.2) is 24.5 Å². The first-order chi connectivity index (χ1) is 11.6. The van der Waals surface area contributed by atoms with Gasteiger partial charge >= 0.3 is 0 Å². The van der Waals surface area contributed by atoms with Crippen LogP contribution in [0.5, 0.6) is 5.75 Å². The molecule has 1 aromatic carbocycles. The number of carbonyl (C=O) groups excluding carboxylic acids is 2. The lowest BCUT2D eigenvalue weighted by Crippen LogP contribution is -2.39. The van der Waals surface area contributed by atoms with Gasteiger partial charge in [0.2, 0.25) is 11.8 Å². The molecule has 0 heterocycles. The van der Waals surface area contributed by atoms with Gasteiger partial charge in [0.1, 0.15) is 5.75 Å². The molecule has 0 bridgehead atoms. The van der Waals surface area contributed by atoms with Gasteiger partial charge in [-0.2, -0.15) is 0 Å². The molecule has 2 N–H and O–H groups in total. The molecule has 5 heteroatoms. The quantitative estimate of drug-likeness (QED) is 0.806. The van der Waals surface area contributed by atoms with Crippen LogP contribution in [0.15, 0.2) is 24.3 Å². The molecular weight excluding hydrogens is 304 g/mol. The normalized spacial score (nSPS) is 16.2. The average molecular weight is 332 g/mol. The largest absolute Gasteiger partial charge is 0.494 e. The van der Waals surface area contributed by atoms with E-state index in [0.29, 0.717) is 12.4 Å². The monoisotopic (exact) mass is 332 g/mol. The maximum absolute atomic E-state index is 12.4. The molecule has 2 rings (SSSR count). The summed E-state index contributed by atoms with van der Waals surface area (Å²) in [6, 6.07) is 7.44. The zero-order valence-corrected chi connectivity index (χ0v) is 14.6. The van der Waals surface area contributed by atoms with Gasteiger partial charge in [0.05, 0.1) is 19.1 Å². The topological polar surface area (TPSA) is 67.4 Å². The highest BCUT2D eigenvalue weighted by Gasteiger charge is 2.22. The van der Waals surface area contributed by atoms with E-state index >= 15 is 0 Å². The second kappa shape index (κ2) is 9.30. The van der Waals surface area contributed by atoms with Crippen LogP contribution in [0, 0.1) is 0 Å². The summed E-state index contributed by atoms with van der Waals surface area (Å²) in [5.41, 5.74) is 0.841. The Hall–Kier alpha value is -2.04. The van der Waals surface area contributed by atoms with E-state index in [-0.39, 0.29) is 30.3 Å². The van der Waals surface area contributed by atoms with Crippen molar-refractivity contribution in [3.63, 3.8) is 0 Å². The minimum Gasteiger partial charge on any atom is -0.494 e. The molecule has 0 aromatic heterocycles. The molecule has 1 aromatic rings. The van der Waals surface area contributed by atoms with Crippen LogP contribution in [0.4, 0.5) is 0 Å². The molecule has 1 aliphatic carbocycles. The Morgan fingerprint density at radius 3 is 2.58 bits per heavy atom. The molecular formula is C19H28N2O3. The third kappa shape index (κ3) is 5.55. The third-order valence-corrected chi connectivity index (χ3v) is 4.33. The van der Waals surface area contributed by atoms with Crippen molar-refractivity contribution in [1.82, 2.24) is 10.6 Å². The van der Waals surface area contributed by atoms with E-state index in [1.807, 2.05) is 31.2 Å². The van der Waals surface area contributed by atoms with E-state index in [9.17, 15) is 9.59 Å². The van der Waals surface area contributed by atoms with E-state index in [0.717, 1.165) is 18.4 Å². The Balaban J connectivity index is 2.07. The number of para-hydroxylation sites is 1. The van der Waals surface area contributed by atoms with Gasteiger partial charge in [0, 0.05) is 18.5 Å². The van der Waals surface area contributed by atoms with Crippen molar-refractivity contribution < 1.29 is 14.3 Å². The summed E-state index contributed by atoms with van der Waals surface area (Å²) in [7, 11) is 0. The van der Waals surface area contributed by atoms with Crippen molar-refractivity contribution in [2.75, 3.05) is 6.61 Å². The standard InChI is InChI=1S/C19H28N2O3/c1-3-24-18-12-8-7-11-16(18)17(20-14(2)22)13-19(23)21-15-9-5-4-6-10-15/h7-8,11-12,15,17H,3-6,9-10,13H2,1-2H3,(H,20,22)(H,21,23). The van der Waals surface area contributed by atoms with E-state index < -0.39 is 0 Å². The van der Waals surface area contributed by atoms with Crippen molar-refractivity contribution in [3.8, 4) is 5.75 Å². The summed E-state index contributed by atoms with van der Waals surface area (Å²) < 4.78 is 5.65. The zero-order chi connectivity index (χ0) is 17.4. The summed E-state index contributed by atoms with van der Waals surface area (Å²) in [5.74, 6) is 0.535. The van der Waals surface area contributed by atoms with E-state index in [1.165, 1.54) is 26.2 Å². The highest BCUT2D eigenvalue weighted by atomic mass is 16.5. The third-order valence-electron chi connectivity index (χ3n) is 4.33. The summed E-state index contributed by atoms with van der Waals surface area (Å²) in [5, 5.41) is 6.00. The second-order valence-corrected chi connectivity index (χ2v) is 6.33. The molecule has 1 atom stereocenters. The van der Waals surface area contributed by atoms with Crippen molar-refractivity contribution in [1.29, 1.82) is 0 Å². The van der Waals surface area contributed by atoms with Crippen LogP contribution >= 0.6 is 0 Å². The fraction of sp³-hybridized carbons (Fsp3) is 0.579. The van der Waals surface area contributed by atoms with E-state index in [2.05, 4.69) is 10.6 Å². The Kier molecular flexibility index (Phi) is 7.09. The molecule has 5 nitrogen and oxygen atoms in total. The molecule has 1 aliphatic rings. The molecule has 2 amide bonds. The van der Waals surface area contributed by atoms with Crippen LogP contribution in [0.25, 0.3) is 0 Å². The van der Waals surface area contributed by atoms with Gasteiger partial charge in [-0.25, -0.2) is 0 Å². The average Bonchev–Trinajstić information content (AvgIpc) is 2.55. The predicted octanol–water partition coefficient (Wildman–Crippen LogP) is 3.10. The van der Waals surface area contributed by atoms with E-state index in [1.54, 1.807) is 0 Å². The summed E-state index contributed by atoms with van der Waals surface area (Å²) in [6.45, 7) is 3.92. The zero-order valence-electron chi connectivity index (χ0n) is 14.6. The smallest absolute Gasteiger partial charge is 0.222 e. The van der Waals surface area contributed by atoms with Crippen LogP contribution in [-0.2, 0) is 9.59 Å². The molecule has 0 aliphatic heterocycles. The molecule has 0 saturated heterocycles. The number of amides is 2. The highest BCUT2D eigenvalue weighted by molar-refractivity contribution is 5.79. The first-order valence-corrected chi connectivity index (χ1v) is 8.88. The van der Waals surface area contributed by atoms with Crippen LogP contribution in [0.2, 0.25) is 0 Å². The number of nitrogens with one attached hydrogen (secondary N) is 2. The first-order valence-electron chi connectivity index (χ1n) is 8.88. The van der Waals surface area contributed by atoms with Gasteiger partial charge in [0.25, 0.3) is 0 Å². The van der Waals surface area contributed by atoms with Gasteiger partial charge in [-0.05, 0) is 25.8 Å². The lowest BCUT2D eigenvalue weighted by Gasteiger charge is -2.25. The minimum atomic E-state index is -0.381. The van der Waals surface area contributed by atoms with Gasteiger partial charge in [-0.15, -0.1) is 0 Å². The molecule has 132 valence electrons. The number of carbonyl (C=O) groups is 2. The fourth-order valence-corrected chi connectivity index (χ4v) is 3.26. The number of benzene rings is 1. The highest BCUT2D eigenvalue weighted by Crippen LogP contribution is 2.27. The Labute approximate surface area is 144 Å². The second-order valence-electron chi connectivity index (χ2n) is 6.33. The Bertz CT molecular complexity index is 553. The Morgan fingerprint density at radius 1 is 1.21 bits per heavy atom. The number of hydrogen-bond donors (Lipinski definition) is 2. The number of rotatable bonds is 7. The molecule has 1 saturated carbocycles. The summed E-state index contributed by atoms with van der Waals surface area (Å²) in [6.07, 6.45) is 5.92.